The summed E-state index contributed by atoms with van der Waals surface area (Å²) in [4.78, 5) is 35.0. The molecule has 24 heavy (non-hydrogen) atoms. The number of carbonyl (C=O) groups excluding carboxylic acids is 2. The summed E-state index contributed by atoms with van der Waals surface area (Å²) in [6, 6.07) is 6.26. The highest BCUT2D eigenvalue weighted by Crippen LogP contribution is 2.25. The van der Waals surface area contributed by atoms with Gasteiger partial charge in [0.25, 0.3) is 5.91 Å². The molecule has 1 aromatic rings. The van der Waals surface area contributed by atoms with E-state index in [9.17, 15) is 14.4 Å². The Morgan fingerprint density at radius 2 is 1.92 bits per heavy atom. The standard InChI is InChI=1S/C17H22N2O5/c1-2-24-12-8-6-11(7-9-12)16(21)18-10-15(20)19-14-5-3-4-13(14)17(22)23/h6-9,13-14H,2-5,10H2,1H3,(H,18,21)(H,19,20)(H,22,23)/t13-,14+/m0/s1. The molecule has 1 aliphatic carbocycles. The minimum absolute atomic E-state index is 0.186. The van der Waals surface area contributed by atoms with E-state index < -0.39 is 11.9 Å². The van der Waals surface area contributed by atoms with Crippen LogP contribution < -0.4 is 15.4 Å². The molecule has 1 aromatic carbocycles. The lowest BCUT2D eigenvalue weighted by atomic mass is 10.0. The maximum Gasteiger partial charge on any atom is 0.308 e. The van der Waals surface area contributed by atoms with E-state index in [-0.39, 0.29) is 24.4 Å². The second kappa shape index (κ2) is 8.33. The molecule has 0 aliphatic heterocycles. The van der Waals surface area contributed by atoms with E-state index in [2.05, 4.69) is 10.6 Å². The molecule has 2 amide bonds. The van der Waals surface area contributed by atoms with Gasteiger partial charge in [0.05, 0.1) is 19.1 Å². The van der Waals surface area contributed by atoms with E-state index in [4.69, 9.17) is 9.84 Å². The van der Waals surface area contributed by atoms with Gasteiger partial charge < -0.3 is 20.5 Å². The second-order valence-corrected chi connectivity index (χ2v) is 5.69. The van der Waals surface area contributed by atoms with Gasteiger partial charge in [0.15, 0.2) is 0 Å². The molecule has 0 saturated heterocycles. The van der Waals surface area contributed by atoms with Crippen molar-refractivity contribution in [2.75, 3.05) is 13.2 Å². The number of carboxylic acid groups (broad SMARTS) is 1. The molecular formula is C17H22N2O5. The van der Waals surface area contributed by atoms with Gasteiger partial charge in [0.1, 0.15) is 5.75 Å². The average molecular weight is 334 g/mol. The Kier molecular flexibility index (Phi) is 6.17. The Morgan fingerprint density at radius 1 is 1.21 bits per heavy atom. The fourth-order valence-corrected chi connectivity index (χ4v) is 2.82. The van der Waals surface area contributed by atoms with Gasteiger partial charge in [-0.3, -0.25) is 14.4 Å². The summed E-state index contributed by atoms with van der Waals surface area (Å²) in [5.41, 5.74) is 0.426. The Balaban J connectivity index is 1.80. The molecule has 1 aliphatic rings. The van der Waals surface area contributed by atoms with Crippen LogP contribution >= 0.6 is 0 Å². The lowest BCUT2D eigenvalue weighted by Gasteiger charge is -2.17. The van der Waals surface area contributed by atoms with Crippen molar-refractivity contribution in [3.63, 3.8) is 0 Å². The first-order chi connectivity index (χ1) is 11.5. The number of hydrogen-bond donors (Lipinski definition) is 3. The van der Waals surface area contributed by atoms with Gasteiger partial charge in [-0.05, 0) is 44.0 Å². The molecule has 0 heterocycles. The smallest absolute Gasteiger partial charge is 0.308 e. The van der Waals surface area contributed by atoms with Gasteiger partial charge in [-0.2, -0.15) is 0 Å². The summed E-state index contributed by atoms with van der Waals surface area (Å²) in [5.74, 6) is -1.51. The van der Waals surface area contributed by atoms with Crippen molar-refractivity contribution in [1.82, 2.24) is 10.6 Å². The summed E-state index contributed by atoms with van der Waals surface area (Å²) < 4.78 is 5.30. The van der Waals surface area contributed by atoms with Crippen LogP contribution in [0.3, 0.4) is 0 Å². The number of aliphatic carboxylic acids is 1. The van der Waals surface area contributed by atoms with Crippen LogP contribution in [0.4, 0.5) is 0 Å². The van der Waals surface area contributed by atoms with Gasteiger partial charge in [0, 0.05) is 11.6 Å². The van der Waals surface area contributed by atoms with Crippen molar-refractivity contribution in [3.8, 4) is 5.75 Å². The van der Waals surface area contributed by atoms with E-state index in [1.807, 2.05) is 6.92 Å². The van der Waals surface area contributed by atoms with Crippen LogP contribution in [0.1, 0.15) is 36.5 Å². The van der Waals surface area contributed by atoms with E-state index in [0.717, 1.165) is 6.42 Å². The fourth-order valence-electron chi connectivity index (χ4n) is 2.82. The summed E-state index contributed by atoms with van der Waals surface area (Å²) in [6.07, 6.45) is 1.99. The molecule has 130 valence electrons. The minimum Gasteiger partial charge on any atom is -0.494 e. The lowest BCUT2D eigenvalue weighted by molar-refractivity contribution is -0.142. The van der Waals surface area contributed by atoms with E-state index in [1.54, 1.807) is 24.3 Å². The van der Waals surface area contributed by atoms with Gasteiger partial charge in [0.2, 0.25) is 5.91 Å². The zero-order chi connectivity index (χ0) is 17.5. The minimum atomic E-state index is -0.892. The van der Waals surface area contributed by atoms with E-state index in [0.29, 0.717) is 30.8 Å². The molecule has 2 rings (SSSR count). The number of carboxylic acids is 1. The maximum absolute atomic E-state index is 12.0. The van der Waals surface area contributed by atoms with Crippen LogP contribution in [0, 0.1) is 5.92 Å². The number of nitrogens with one attached hydrogen (secondary N) is 2. The highest BCUT2D eigenvalue weighted by molar-refractivity contribution is 5.96. The average Bonchev–Trinajstić information content (AvgIpc) is 3.02. The Bertz CT molecular complexity index is 600. The summed E-state index contributed by atoms with van der Waals surface area (Å²) in [5, 5.41) is 14.3. The van der Waals surface area contributed by atoms with Gasteiger partial charge in [-0.25, -0.2) is 0 Å². The first-order valence-corrected chi connectivity index (χ1v) is 8.04. The SMILES string of the molecule is CCOc1ccc(C(=O)NCC(=O)N[C@@H]2CCC[C@@H]2C(=O)O)cc1. The number of ether oxygens (including phenoxy) is 1. The van der Waals surface area contributed by atoms with Gasteiger partial charge in [-0.1, -0.05) is 6.42 Å². The number of rotatable bonds is 7. The number of amides is 2. The van der Waals surface area contributed by atoms with Crippen LogP contribution in [0.25, 0.3) is 0 Å². The fraction of sp³-hybridized carbons (Fsp3) is 0.471. The Hall–Kier alpha value is -2.57. The predicted octanol–water partition coefficient (Wildman–Crippen LogP) is 1.18. The summed E-state index contributed by atoms with van der Waals surface area (Å²) in [7, 11) is 0. The molecule has 0 spiro atoms. The van der Waals surface area contributed by atoms with Crippen LogP contribution in [0.5, 0.6) is 5.75 Å². The van der Waals surface area contributed by atoms with Crippen LogP contribution in [0.2, 0.25) is 0 Å². The molecule has 1 saturated carbocycles. The molecule has 2 atom stereocenters. The van der Waals surface area contributed by atoms with Gasteiger partial charge in [-0.15, -0.1) is 0 Å². The van der Waals surface area contributed by atoms with Crippen LogP contribution in [-0.2, 0) is 9.59 Å². The number of benzene rings is 1. The zero-order valence-electron chi connectivity index (χ0n) is 13.6. The van der Waals surface area contributed by atoms with Crippen molar-refractivity contribution in [3.05, 3.63) is 29.8 Å². The molecule has 0 bridgehead atoms. The summed E-state index contributed by atoms with van der Waals surface area (Å²) in [6.45, 7) is 2.23. The highest BCUT2D eigenvalue weighted by atomic mass is 16.5. The molecule has 1 fully saturated rings. The third-order valence-electron chi connectivity index (χ3n) is 4.02. The molecular weight excluding hydrogens is 312 g/mol. The van der Waals surface area contributed by atoms with Crippen LogP contribution in [0.15, 0.2) is 24.3 Å². The van der Waals surface area contributed by atoms with Gasteiger partial charge >= 0.3 is 5.97 Å². The highest BCUT2D eigenvalue weighted by Gasteiger charge is 2.33. The zero-order valence-corrected chi connectivity index (χ0v) is 13.6. The predicted molar refractivity (Wildman–Crippen MR) is 86.9 cm³/mol. The van der Waals surface area contributed by atoms with Crippen molar-refractivity contribution in [2.45, 2.75) is 32.2 Å². The topological polar surface area (TPSA) is 105 Å². The first-order valence-electron chi connectivity index (χ1n) is 8.04. The molecule has 0 unspecified atom stereocenters. The molecule has 7 heteroatoms. The maximum atomic E-state index is 12.0. The van der Waals surface area contributed by atoms with Crippen molar-refractivity contribution in [2.24, 2.45) is 5.92 Å². The van der Waals surface area contributed by atoms with Crippen LogP contribution in [-0.4, -0.2) is 42.1 Å². The Labute approximate surface area is 140 Å². The molecule has 0 radical (unpaired) electrons. The molecule has 0 aromatic heterocycles. The number of carbonyl (C=O) groups is 3. The first kappa shape index (κ1) is 17.8. The second-order valence-electron chi connectivity index (χ2n) is 5.69. The summed E-state index contributed by atoms with van der Waals surface area (Å²) >= 11 is 0. The third kappa shape index (κ3) is 4.71. The lowest BCUT2D eigenvalue weighted by Crippen LogP contribution is -2.44. The molecule has 3 N–H and O–H groups in total. The van der Waals surface area contributed by atoms with Crippen molar-refractivity contribution in [1.29, 1.82) is 0 Å². The van der Waals surface area contributed by atoms with Crippen molar-refractivity contribution < 1.29 is 24.2 Å². The number of hydrogen-bond acceptors (Lipinski definition) is 4. The van der Waals surface area contributed by atoms with E-state index in [1.165, 1.54) is 0 Å². The monoisotopic (exact) mass is 334 g/mol. The Morgan fingerprint density at radius 3 is 2.54 bits per heavy atom. The largest absolute Gasteiger partial charge is 0.494 e. The normalized spacial score (nSPS) is 19.5. The quantitative estimate of drug-likeness (QED) is 0.694. The molecule has 7 nitrogen and oxygen atoms in total. The van der Waals surface area contributed by atoms with Crippen molar-refractivity contribution >= 4 is 17.8 Å². The third-order valence-corrected chi connectivity index (χ3v) is 4.02. The van der Waals surface area contributed by atoms with E-state index >= 15 is 0 Å².